The second-order valence-corrected chi connectivity index (χ2v) is 9.61. The molecular weight excluding hydrogens is 364 g/mol. The average Bonchev–Trinajstić information content (AvgIpc) is 2.81. The summed E-state index contributed by atoms with van der Waals surface area (Å²) in [5, 5.41) is 0. The number of hydrogen-bond acceptors (Lipinski definition) is 1. The van der Waals surface area contributed by atoms with Crippen molar-refractivity contribution in [3.8, 4) is 17.6 Å². The lowest BCUT2D eigenvalue weighted by atomic mass is 9.81. The summed E-state index contributed by atoms with van der Waals surface area (Å²) in [7, 11) is 0. The fourth-order valence-corrected chi connectivity index (χ4v) is 4.96. The van der Waals surface area contributed by atoms with E-state index in [2.05, 4.69) is 62.1 Å². The van der Waals surface area contributed by atoms with Crippen molar-refractivity contribution >= 4 is 0 Å². The second kappa shape index (κ2) is 12.9. The van der Waals surface area contributed by atoms with Crippen LogP contribution in [0.4, 0.5) is 0 Å². The van der Waals surface area contributed by atoms with Crippen LogP contribution in [-0.4, -0.2) is 6.61 Å². The van der Waals surface area contributed by atoms with E-state index in [4.69, 9.17) is 4.74 Å². The number of unbranched alkanes of at least 4 members (excludes halogenated alkanes) is 1. The highest BCUT2D eigenvalue weighted by Crippen LogP contribution is 2.31. The summed E-state index contributed by atoms with van der Waals surface area (Å²) >= 11 is 0. The van der Waals surface area contributed by atoms with E-state index in [9.17, 15) is 0 Å². The van der Waals surface area contributed by atoms with E-state index in [1.807, 2.05) is 0 Å². The molecule has 1 heteroatoms. The van der Waals surface area contributed by atoms with Crippen molar-refractivity contribution in [1.29, 1.82) is 0 Å². The van der Waals surface area contributed by atoms with Gasteiger partial charge in [0.2, 0.25) is 0 Å². The topological polar surface area (TPSA) is 9.23 Å². The van der Waals surface area contributed by atoms with Crippen LogP contribution in [0.15, 0.2) is 36.4 Å². The summed E-state index contributed by atoms with van der Waals surface area (Å²) in [5.41, 5.74) is 1.42. The minimum atomic E-state index is 0.583. The van der Waals surface area contributed by atoms with Crippen molar-refractivity contribution < 1.29 is 4.74 Å². The molecule has 0 spiro atoms. The molecule has 0 aliphatic heterocycles. The highest BCUT2D eigenvalue weighted by molar-refractivity contribution is 5.27. The minimum Gasteiger partial charge on any atom is -0.493 e. The van der Waals surface area contributed by atoms with Crippen molar-refractivity contribution in [2.24, 2.45) is 23.7 Å². The van der Waals surface area contributed by atoms with Crippen LogP contribution in [-0.2, 0) is 6.42 Å². The summed E-state index contributed by atoms with van der Waals surface area (Å²) in [5.74, 6) is 10.9. The molecule has 164 valence electrons. The Balaban J connectivity index is 1.31. The summed E-state index contributed by atoms with van der Waals surface area (Å²) in [6, 6.07) is 8.73. The van der Waals surface area contributed by atoms with Crippen LogP contribution < -0.4 is 4.74 Å². The Morgan fingerprint density at radius 2 is 1.60 bits per heavy atom. The van der Waals surface area contributed by atoms with Crippen LogP contribution in [0.1, 0.15) is 90.0 Å². The molecule has 2 fully saturated rings. The van der Waals surface area contributed by atoms with Gasteiger partial charge in [0.15, 0.2) is 0 Å². The summed E-state index contributed by atoms with van der Waals surface area (Å²) in [4.78, 5) is 0. The second-order valence-electron chi connectivity index (χ2n) is 9.61. The maximum absolute atomic E-state index is 6.07. The number of ether oxygens (including phenoxy) is 1. The zero-order valence-corrected chi connectivity index (χ0v) is 19.4. The van der Waals surface area contributed by atoms with Crippen LogP contribution in [0.2, 0.25) is 0 Å². The van der Waals surface area contributed by atoms with Crippen molar-refractivity contribution in [3.63, 3.8) is 0 Å². The molecule has 3 rings (SSSR count). The summed E-state index contributed by atoms with van der Waals surface area (Å²) < 4.78 is 6.07. The fraction of sp³-hybridized carbons (Fsp3) is 0.655. The van der Waals surface area contributed by atoms with Gasteiger partial charge in [0.1, 0.15) is 5.75 Å². The minimum absolute atomic E-state index is 0.583. The normalized spacial score (nSPS) is 26.9. The van der Waals surface area contributed by atoms with Gasteiger partial charge in [0.25, 0.3) is 0 Å². The third-order valence-electron chi connectivity index (χ3n) is 7.28. The van der Waals surface area contributed by atoms with Gasteiger partial charge in [-0.2, -0.15) is 0 Å². The van der Waals surface area contributed by atoms with Crippen molar-refractivity contribution in [3.05, 3.63) is 42.0 Å². The van der Waals surface area contributed by atoms with E-state index in [0.29, 0.717) is 11.8 Å². The van der Waals surface area contributed by atoms with Crippen molar-refractivity contribution in [1.82, 2.24) is 0 Å². The number of benzene rings is 1. The van der Waals surface area contributed by atoms with Crippen LogP contribution in [0.5, 0.6) is 5.75 Å². The van der Waals surface area contributed by atoms with E-state index in [0.717, 1.165) is 24.2 Å². The van der Waals surface area contributed by atoms with Crippen molar-refractivity contribution in [2.45, 2.75) is 90.9 Å². The molecule has 2 saturated carbocycles. The molecule has 2 aliphatic carbocycles. The zero-order valence-electron chi connectivity index (χ0n) is 19.4. The van der Waals surface area contributed by atoms with Crippen molar-refractivity contribution in [2.75, 3.05) is 6.61 Å². The van der Waals surface area contributed by atoms with Gasteiger partial charge in [0, 0.05) is 5.92 Å². The largest absolute Gasteiger partial charge is 0.493 e. The first-order chi connectivity index (χ1) is 14.8. The molecule has 0 heterocycles. The molecule has 0 bridgehead atoms. The van der Waals surface area contributed by atoms with Gasteiger partial charge >= 0.3 is 0 Å². The molecular formula is C29H42O. The Kier molecular flexibility index (Phi) is 9.88. The third kappa shape index (κ3) is 7.86. The molecule has 0 saturated heterocycles. The molecule has 0 atom stereocenters. The molecule has 0 aromatic heterocycles. The Hall–Kier alpha value is -1.68. The van der Waals surface area contributed by atoms with Gasteiger partial charge in [0.05, 0.1) is 6.61 Å². The third-order valence-corrected chi connectivity index (χ3v) is 7.28. The first-order valence-electron chi connectivity index (χ1n) is 12.7. The molecule has 1 aromatic carbocycles. The highest BCUT2D eigenvalue weighted by atomic mass is 16.5. The van der Waals surface area contributed by atoms with Crippen LogP contribution >= 0.6 is 0 Å². The van der Waals surface area contributed by atoms with E-state index in [1.165, 1.54) is 82.6 Å². The monoisotopic (exact) mass is 406 g/mol. The molecule has 2 aliphatic rings. The highest BCUT2D eigenvalue weighted by Gasteiger charge is 2.20. The summed E-state index contributed by atoms with van der Waals surface area (Å²) in [6.07, 6.45) is 20.1. The lowest BCUT2D eigenvalue weighted by molar-refractivity contribution is 0.196. The Labute approximate surface area is 185 Å². The van der Waals surface area contributed by atoms with E-state index in [1.54, 1.807) is 0 Å². The van der Waals surface area contributed by atoms with Gasteiger partial charge in [-0.15, -0.1) is 0 Å². The van der Waals surface area contributed by atoms with Gasteiger partial charge in [-0.25, -0.2) is 0 Å². The predicted molar refractivity (Wildman–Crippen MR) is 129 cm³/mol. The van der Waals surface area contributed by atoms with E-state index >= 15 is 0 Å². The lowest BCUT2D eigenvalue weighted by Gasteiger charge is -2.25. The number of aryl methyl sites for hydroxylation is 1. The van der Waals surface area contributed by atoms with Gasteiger partial charge in [-0.1, -0.05) is 56.7 Å². The Morgan fingerprint density at radius 1 is 0.900 bits per heavy atom. The van der Waals surface area contributed by atoms with Gasteiger partial charge in [-0.3, -0.25) is 0 Å². The quantitative estimate of drug-likeness (QED) is 0.397. The van der Waals surface area contributed by atoms with E-state index < -0.39 is 0 Å². The molecule has 1 nitrogen and oxygen atoms in total. The number of allylic oxidation sites excluding steroid dienone is 2. The number of hydrogen-bond donors (Lipinski definition) is 0. The van der Waals surface area contributed by atoms with Gasteiger partial charge in [-0.05, 0) is 106 Å². The van der Waals surface area contributed by atoms with Crippen LogP contribution in [0, 0.1) is 35.5 Å². The molecule has 0 amide bonds. The maximum atomic E-state index is 6.07. The van der Waals surface area contributed by atoms with Crippen LogP contribution in [0.3, 0.4) is 0 Å². The maximum Gasteiger partial charge on any atom is 0.119 e. The molecule has 0 radical (unpaired) electrons. The number of rotatable bonds is 8. The predicted octanol–water partition coefficient (Wildman–Crippen LogP) is 7.99. The first kappa shape index (κ1) is 23.0. The molecule has 1 aromatic rings. The van der Waals surface area contributed by atoms with E-state index in [-0.39, 0.29) is 0 Å². The average molecular weight is 407 g/mol. The lowest BCUT2D eigenvalue weighted by Crippen LogP contribution is -2.19. The van der Waals surface area contributed by atoms with Gasteiger partial charge < -0.3 is 4.74 Å². The molecule has 0 unspecified atom stereocenters. The zero-order chi connectivity index (χ0) is 21.0. The van der Waals surface area contributed by atoms with Crippen LogP contribution in [0.25, 0.3) is 0 Å². The molecule has 30 heavy (non-hydrogen) atoms. The molecule has 0 N–H and O–H groups in total. The Bertz CT molecular complexity index is 673. The first-order valence-corrected chi connectivity index (χ1v) is 12.7. The fourth-order valence-electron chi connectivity index (χ4n) is 4.96. The standard InChI is InChI=1S/C29H42O/c1-3-5-8-25-19-21-29(22-20-25)30-23-28-17-15-27(16-18-28)10-7-6-9-26-13-11-24(4-2)12-14-26/h6,9,19-22,24,26-28H,3-5,8,11-18,23H2,1-2H3/b9-6+. The smallest absolute Gasteiger partial charge is 0.119 e. The Morgan fingerprint density at radius 3 is 2.27 bits per heavy atom. The summed E-state index contributed by atoms with van der Waals surface area (Å²) in [6.45, 7) is 5.43. The SMILES string of the molecule is CCCCc1ccc(OCC2CCC(C#C/C=C/C3CCC(CC)CC3)CC2)cc1.